The van der Waals surface area contributed by atoms with Crippen LogP contribution in [0.25, 0.3) is 0 Å². The van der Waals surface area contributed by atoms with Crippen LogP contribution in [-0.2, 0) is 10.2 Å². The summed E-state index contributed by atoms with van der Waals surface area (Å²) in [5.74, 6) is 0. The summed E-state index contributed by atoms with van der Waals surface area (Å²) in [5, 5.41) is 0. The van der Waals surface area contributed by atoms with E-state index in [-0.39, 0.29) is 11.5 Å². The quantitative estimate of drug-likeness (QED) is 0.802. The molecule has 0 amide bonds. The Hall–Kier alpha value is -0.860. The number of hydrogen-bond donors (Lipinski definition) is 1. The van der Waals surface area contributed by atoms with Gasteiger partial charge in [-0.05, 0) is 25.3 Å². The van der Waals surface area contributed by atoms with Crippen molar-refractivity contribution in [2.75, 3.05) is 13.2 Å². The third-order valence-electron chi connectivity index (χ3n) is 3.61. The molecule has 1 fully saturated rings. The van der Waals surface area contributed by atoms with E-state index in [0.717, 1.165) is 26.1 Å². The number of rotatable bonds is 2. The minimum Gasteiger partial charge on any atom is -0.381 e. The largest absolute Gasteiger partial charge is 0.381 e. The highest BCUT2D eigenvalue weighted by Gasteiger charge is 2.37. The van der Waals surface area contributed by atoms with E-state index in [1.54, 1.807) is 0 Å². The van der Waals surface area contributed by atoms with Crippen LogP contribution >= 0.6 is 0 Å². The predicted octanol–water partition coefficient (Wildman–Crippen LogP) is 2.08. The highest BCUT2D eigenvalue weighted by molar-refractivity contribution is 5.28. The normalized spacial score (nSPS) is 22.3. The van der Waals surface area contributed by atoms with Gasteiger partial charge in [-0.1, -0.05) is 30.3 Å². The Labute approximate surface area is 91.4 Å². The molecule has 0 bridgehead atoms. The van der Waals surface area contributed by atoms with E-state index >= 15 is 0 Å². The van der Waals surface area contributed by atoms with Crippen LogP contribution in [0.3, 0.4) is 0 Å². The standard InChI is InChI=1S/C13H19NO/c1-11(14)13(7-9-15-10-8-13)12-5-3-2-4-6-12/h2-6,11H,7-10,14H2,1H3/t11-/m0/s1. The SMILES string of the molecule is C[C@H](N)C1(c2ccccc2)CCOCC1. The van der Waals surface area contributed by atoms with Gasteiger partial charge < -0.3 is 10.5 Å². The van der Waals surface area contributed by atoms with E-state index < -0.39 is 0 Å². The van der Waals surface area contributed by atoms with Crippen molar-refractivity contribution in [1.29, 1.82) is 0 Å². The molecule has 0 aliphatic carbocycles. The third-order valence-corrected chi connectivity index (χ3v) is 3.61. The van der Waals surface area contributed by atoms with Gasteiger partial charge in [0.1, 0.15) is 0 Å². The van der Waals surface area contributed by atoms with Crippen molar-refractivity contribution >= 4 is 0 Å². The topological polar surface area (TPSA) is 35.2 Å². The predicted molar refractivity (Wildman–Crippen MR) is 61.8 cm³/mol. The van der Waals surface area contributed by atoms with Crippen molar-refractivity contribution in [3.05, 3.63) is 35.9 Å². The highest BCUT2D eigenvalue weighted by Crippen LogP contribution is 2.36. The molecule has 1 aromatic rings. The molecule has 1 saturated heterocycles. The first kappa shape index (κ1) is 10.7. The molecule has 0 aromatic heterocycles. The highest BCUT2D eigenvalue weighted by atomic mass is 16.5. The van der Waals surface area contributed by atoms with E-state index in [1.165, 1.54) is 5.56 Å². The lowest BCUT2D eigenvalue weighted by molar-refractivity contribution is 0.0422. The number of nitrogens with two attached hydrogens (primary N) is 1. The van der Waals surface area contributed by atoms with Gasteiger partial charge in [-0.25, -0.2) is 0 Å². The molecule has 1 aromatic carbocycles. The van der Waals surface area contributed by atoms with Gasteiger partial charge in [0.2, 0.25) is 0 Å². The van der Waals surface area contributed by atoms with Crippen molar-refractivity contribution in [3.8, 4) is 0 Å². The zero-order valence-corrected chi connectivity index (χ0v) is 9.28. The molecule has 2 heteroatoms. The fraction of sp³-hybridized carbons (Fsp3) is 0.538. The zero-order valence-electron chi connectivity index (χ0n) is 9.28. The molecule has 0 radical (unpaired) electrons. The Balaban J connectivity index is 2.34. The van der Waals surface area contributed by atoms with Gasteiger partial charge in [-0.2, -0.15) is 0 Å². The van der Waals surface area contributed by atoms with E-state index in [9.17, 15) is 0 Å². The average Bonchev–Trinajstić information content (AvgIpc) is 2.31. The van der Waals surface area contributed by atoms with E-state index in [0.29, 0.717) is 0 Å². The maximum Gasteiger partial charge on any atom is 0.0475 e. The molecule has 2 nitrogen and oxygen atoms in total. The van der Waals surface area contributed by atoms with Crippen molar-refractivity contribution in [3.63, 3.8) is 0 Å². The smallest absolute Gasteiger partial charge is 0.0475 e. The second kappa shape index (κ2) is 4.33. The van der Waals surface area contributed by atoms with Crippen LogP contribution in [-0.4, -0.2) is 19.3 Å². The molecular weight excluding hydrogens is 186 g/mol. The number of benzene rings is 1. The van der Waals surface area contributed by atoms with Crippen LogP contribution in [0.4, 0.5) is 0 Å². The summed E-state index contributed by atoms with van der Waals surface area (Å²) in [6, 6.07) is 10.8. The molecule has 0 unspecified atom stereocenters. The minimum absolute atomic E-state index is 0.125. The Kier molecular flexibility index (Phi) is 3.08. The van der Waals surface area contributed by atoms with Gasteiger partial charge in [0.05, 0.1) is 0 Å². The maximum atomic E-state index is 6.18. The van der Waals surface area contributed by atoms with E-state index in [1.807, 2.05) is 0 Å². The summed E-state index contributed by atoms with van der Waals surface area (Å²) in [6.07, 6.45) is 2.07. The first-order valence-electron chi connectivity index (χ1n) is 5.64. The summed E-state index contributed by atoms with van der Waals surface area (Å²) < 4.78 is 5.44. The summed E-state index contributed by atoms with van der Waals surface area (Å²) in [6.45, 7) is 3.77. The monoisotopic (exact) mass is 205 g/mol. The van der Waals surface area contributed by atoms with Gasteiger partial charge in [-0.3, -0.25) is 0 Å². The van der Waals surface area contributed by atoms with Crippen molar-refractivity contribution < 1.29 is 4.74 Å². The first-order chi connectivity index (χ1) is 7.26. The molecule has 82 valence electrons. The van der Waals surface area contributed by atoms with Crippen LogP contribution < -0.4 is 5.73 Å². The van der Waals surface area contributed by atoms with Gasteiger partial charge in [0.15, 0.2) is 0 Å². The molecule has 2 rings (SSSR count). The van der Waals surface area contributed by atoms with Crippen molar-refractivity contribution in [1.82, 2.24) is 0 Å². The molecule has 15 heavy (non-hydrogen) atoms. The minimum atomic E-state index is 0.125. The average molecular weight is 205 g/mol. The Morgan fingerprint density at radius 1 is 1.20 bits per heavy atom. The van der Waals surface area contributed by atoms with Crippen molar-refractivity contribution in [2.45, 2.75) is 31.2 Å². The van der Waals surface area contributed by atoms with E-state index in [2.05, 4.69) is 37.3 Å². The van der Waals surface area contributed by atoms with Gasteiger partial charge in [0, 0.05) is 24.7 Å². The first-order valence-corrected chi connectivity index (χ1v) is 5.64. The Morgan fingerprint density at radius 2 is 1.80 bits per heavy atom. The van der Waals surface area contributed by atoms with Crippen LogP contribution in [0.15, 0.2) is 30.3 Å². The molecule has 1 atom stereocenters. The molecule has 0 saturated carbocycles. The fourth-order valence-corrected chi connectivity index (χ4v) is 2.51. The number of hydrogen-bond acceptors (Lipinski definition) is 2. The Bertz CT molecular complexity index is 302. The van der Waals surface area contributed by atoms with Gasteiger partial charge in [0.25, 0.3) is 0 Å². The van der Waals surface area contributed by atoms with Crippen LogP contribution in [0.5, 0.6) is 0 Å². The van der Waals surface area contributed by atoms with Gasteiger partial charge >= 0.3 is 0 Å². The summed E-state index contributed by atoms with van der Waals surface area (Å²) >= 11 is 0. The summed E-state index contributed by atoms with van der Waals surface area (Å²) in [7, 11) is 0. The second-order valence-electron chi connectivity index (χ2n) is 4.42. The van der Waals surface area contributed by atoms with Gasteiger partial charge in [-0.15, -0.1) is 0 Å². The summed E-state index contributed by atoms with van der Waals surface area (Å²) in [5.41, 5.74) is 7.67. The molecule has 2 N–H and O–H groups in total. The lowest BCUT2D eigenvalue weighted by Gasteiger charge is -2.41. The molecular formula is C13H19NO. The third kappa shape index (κ3) is 1.92. The van der Waals surface area contributed by atoms with E-state index in [4.69, 9.17) is 10.5 Å². The molecule has 1 aliphatic heterocycles. The summed E-state index contributed by atoms with van der Waals surface area (Å²) in [4.78, 5) is 0. The van der Waals surface area contributed by atoms with Crippen LogP contribution in [0, 0.1) is 0 Å². The number of ether oxygens (including phenoxy) is 1. The fourth-order valence-electron chi connectivity index (χ4n) is 2.51. The Morgan fingerprint density at radius 3 is 2.33 bits per heavy atom. The maximum absolute atomic E-state index is 6.18. The lowest BCUT2D eigenvalue weighted by atomic mass is 9.69. The second-order valence-corrected chi connectivity index (χ2v) is 4.42. The van der Waals surface area contributed by atoms with Crippen LogP contribution in [0.2, 0.25) is 0 Å². The molecule has 1 heterocycles. The van der Waals surface area contributed by atoms with Crippen molar-refractivity contribution in [2.24, 2.45) is 5.73 Å². The molecule has 1 aliphatic rings. The van der Waals surface area contributed by atoms with Crippen LogP contribution in [0.1, 0.15) is 25.3 Å². The molecule has 0 spiro atoms. The lowest BCUT2D eigenvalue weighted by Crippen LogP contribution is -2.47. The zero-order chi connectivity index (χ0) is 10.7.